The molecule has 5 atom stereocenters. The van der Waals surface area contributed by atoms with Crippen molar-refractivity contribution in [1.82, 2.24) is 0 Å². The van der Waals surface area contributed by atoms with Crippen LogP contribution in [-0.2, 0) is 28.6 Å². The number of carbonyl (C=O) groups is 3. The minimum atomic E-state index is -1.36. The summed E-state index contributed by atoms with van der Waals surface area (Å²) in [6, 6.07) is -2.15. The zero-order valence-electron chi connectivity index (χ0n) is 13.7. The molecule has 0 amide bonds. The maximum absolute atomic E-state index is 11.5. The van der Waals surface area contributed by atoms with Crippen molar-refractivity contribution < 1.29 is 28.6 Å². The quantitative estimate of drug-likeness (QED) is 0.181. The van der Waals surface area contributed by atoms with Crippen molar-refractivity contribution in [3.63, 3.8) is 0 Å². The zero-order valence-corrected chi connectivity index (χ0v) is 13.7. The molecule has 0 N–H and O–H groups in total. The molecule has 0 bridgehead atoms. The first-order valence-corrected chi connectivity index (χ1v) is 7.08. The number of carbonyl (C=O) groups excluding carboxylic acids is 3. The summed E-state index contributed by atoms with van der Waals surface area (Å²) in [5, 5.41) is 6.99. The van der Waals surface area contributed by atoms with E-state index in [2.05, 4.69) is 20.1 Å². The predicted molar refractivity (Wildman–Crippen MR) is 81.7 cm³/mol. The lowest BCUT2D eigenvalue weighted by molar-refractivity contribution is -0.183. The van der Waals surface area contributed by atoms with Gasteiger partial charge in [-0.1, -0.05) is 22.4 Å². The summed E-state index contributed by atoms with van der Waals surface area (Å²) < 4.78 is 15.4. The Morgan fingerprint density at radius 2 is 1.08 bits per heavy atom. The first kappa shape index (κ1) is 19.8. The van der Waals surface area contributed by atoms with E-state index in [1.807, 2.05) is 0 Å². The summed E-state index contributed by atoms with van der Waals surface area (Å²) in [6.07, 6.45) is -1.26. The fourth-order valence-corrected chi connectivity index (χ4v) is 2.33. The standard InChI is InChI=1S/C13H16N6O6/c1-6(20)23-11-9(16-18-14)4-5-10(17-19-15)12(24-7(2)21)13(11)25-8(3)22/h4-5,9-13H,1-3H3/t9-,10+,11+,12-,13?. The highest BCUT2D eigenvalue weighted by Gasteiger charge is 2.45. The average Bonchev–Trinajstić information content (AvgIpc) is 2.61. The van der Waals surface area contributed by atoms with Crippen LogP contribution in [-0.4, -0.2) is 48.3 Å². The van der Waals surface area contributed by atoms with Gasteiger partial charge in [-0.15, -0.1) is 0 Å². The molecule has 12 heteroatoms. The van der Waals surface area contributed by atoms with Gasteiger partial charge in [0.15, 0.2) is 18.3 Å². The Morgan fingerprint density at radius 3 is 1.36 bits per heavy atom. The van der Waals surface area contributed by atoms with Gasteiger partial charge in [-0.25, -0.2) is 0 Å². The summed E-state index contributed by atoms with van der Waals surface area (Å²) in [6.45, 7) is 3.32. The molecule has 1 unspecified atom stereocenters. The molecular weight excluding hydrogens is 336 g/mol. The number of hydrogen-bond acceptors (Lipinski definition) is 8. The monoisotopic (exact) mass is 352 g/mol. The highest BCUT2D eigenvalue weighted by molar-refractivity contribution is 5.68. The molecule has 0 aromatic rings. The van der Waals surface area contributed by atoms with Crippen molar-refractivity contribution in [2.45, 2.75) is 51.2 Å². The number of azide groups is 2. The highest BCUT2D eigenvalue weighted by Crippen LogP contribution is 2.27. The molecule has 0 fully saturated rings. The molecule has 134 valence electrons. The van der Waals surface area contributed by atoms with E-state index in [-0.39, 0.29) is 0 Å². The van der Waals surface area contributed by atoms with Crippen molar-refractivity contribution in [2.24, 2.45) is 10.2 Å². The third-order valence-corrected chi connectivity index (χ3v) is 3.10. The van der Waals surface area contributed by atoms with Crippen LogP contribution in [0.4, 0.5) is 0 Å². The van der Waals surface area contributed by atoms with E-state index in [4.69, 9.17) is 25.3 Å². The second kappa shape index (κ2) is 9.16. The molecule has 0 aliphatic heterocycles. The second-order valence-corrected chi connectivity index (χ2v) is 5.00. The van der Waals surface area contributed by atoms with Crippen molar-refractivity contribution >= 4 is 17.9 Å². The number of hydrogen-bond donors (Lipinski definition) is 0. The largest absolute Gasteiger partial charge is 0.458 e. The maximum Gasteiger partial charge on any atom is 0.303 e. The molecule has 1 aliphatic rings. The molecular formula is C13H16N6O6. The van der Waals surface area contributed by atoms with Crippen LogP contribution in [0.1, 0.15) is 20.8 Å². The first-order valence-electron chi connectivity index (χ1n) is 7.08. The third kappa shape index (κ3) is 5.72. The molecule has 0 spiro atoms. The number of nitrogens with zero attached hydrogens (tertiary/aromatic N) is 6. The van der Waals surface area contributed by atoms with Crippen molar-refractivity contribution in [1.29, 1.82) is 0 Å². The maximum atomic E-state index is 11.5. The molecule has 1 rings (SSSR count). The molecule has 0 saturated heterocycles. The van der Waals surface area contributed by atoms with E-state index in [0.717, 1.165) is 20.8 Å². The van der Waals surface area contributed by atoms with Crippen LogP contribution < -0.4 is 0 Å². The number of ether oxygens (including phenoxy) is 3. The van der Waals surface area contributed by atoms with Gasteiger partial charge in [-0.05, 0) is 11.1 Å². The molecule has 0 aromatic carbocycles. The van der Waals surface area contributed by atoms with Crippen LogP contribution in [0.5, 0.6) is 0 Å². The predicted octanol–water partition coefficient (Wildman–Crippen LogP) is 1.71. The van der Waals surface area contributed by atoms with Gasteiger partial charge in [0.1, 0.15) is 0 Å². The lowest BCUT2D eigenvalue weighted by Gasteiger charge is -2.33. The van der Waals surface area contributed by atoms with Gasteiger partial charge in [0.25, 0.3) is 0 Å². The number of esters is 3. The van der Waals surface area contributed by atoms with Gasteiger partial charge >= 0.3 is 17.9 Å². The van der Waals surface area contributed by atoms with Crippen LogP contribution in [0.3, 0.4) is 0 Å². The molecule has 0 saturated carbocycles. The van der Waals surface area contributed by atoms with Crippen molar-refractivity contribution in [3.05, 3.63) is 33.0 Å². The van der Waals surface area contributed by atoms with Gasteiger partial charge in [-0.3, -0.25) is 14.4 Å². The Labute approximate surface area is 142 Å². The normalized spacial score (nSPS) is 27.7. The Morgan fingerprint density at radius 1 is 0.760 bits per heavy atom. The Balaban J connectivity index is 3.48. The van der Waals surface area contributed by atoms with E-state index in [9.17, 15) is 14.4 Å². The van der Waals surface area contributed by atoms with Crippen LogP contribution in [0.25, 0.3) is 20.9 Å². The molecule has 0 aromatic heterocycles. The fourth-order valence-electron chi connectivity index (χ4n) is 2.33. The minimum Gasteiger partial charge on any atom is -0.458 e. The van der Waals surface area contributed by atoms with Crippen LogP contribution in [0.2, 0.25) is 0 Å². The zero-order chi connectivity index (χ0) is 19.0. The topological polar surface area (TPSA) is 176 Å². The number of rotatable bonds is 5. The van der Waals surface area contributed by atoms with Crippen LogP contribution in [0.15, 0.2) is 22.4 Å². The fraction of sp³-hybridized carbons (Fsp3) is 0.615. The molecule has 1 aliphatic carbocycles. The van der Waals surface area contributed by atoms with Gasteiger partial charge in [0, 0.05) is 30.6 Å². The lowest BCUT2D eigenvalue weighted by Crippen LogP contribution is -2.51. The summed E-state index contributed by atoms with van der Waals surface area (Å²) in [5.74, 6) is -2.24. The van der Waals surface area contributed by atoms with Crippen LogP contribution in [0, 0.1) is 0 Å². The molecule has 25 heavy (non-hydrogen) atoms. The Bertz CT molecular complexity index is 618. The molecule has 0 heterocycles. The summed E-state index contributed by atoms with van der Waals surface area (Å²) >= 11 is 0. The van der Waals surface area contributed by atoms with E-state index in [1.165, 1.54) is 12.2 Å². The van der Waals surface area contributed by atoms with E-state index in [1.54, 1.807) is 0 Å². The van der Waals surface area contributed by atoms with E-state index in [0.29, 0.717) is 0 Å². The molecule has 0 radical (unpaired) electrons. The van der Waals surface area contributed by atoms with E-state index < -0.39 is 48.3 Å². The summed E-state index contributed by atoms with van der Waals surface area (Å²) in [5.41, 5.74) is 17.4. The van der Waals surface area contributed by atoms with E-state index >= 15 is 0 Å². The summed E-state index contributed by atoms with van der Waals surface area (Å²) in [4.78, 5) is 39.7. The minimum absolute atomic E-state index is 0.738. The average molecular weight is 352 g/mol. The lowest BCUT2D eigenvalue weighted by atomic mass is 10.0. The first-order chi connectivity index (χ1) is 11.8. The Kier molecular flexibility index (Phi) is 7.26. The second-order valence-electron chi connectivity index (χ2n) is 5.00. The third-order valence-electron chi connectivity index (χ3n) is 3.10. The van der Waals surface area contributed by atoms with Gasteiger partial charge in [0.05, 0.1) is 12.1 Å². The van der Waals surface area contributed by atoms with Crippen molar-refractivity contribution in [2.75, 3.05) is 0 Å². The van der Waals surface area contributed by atoms with Crippen LogP contribution >= 0.6 is 0 Å². The molecule has 12 nitrogen and oxygen atoms in total. The van der Waals surface area contributed by atoms with Crippen molar-refractivity contribution in [3.8, 4) is 0 Å². The highest BCUT2D eigenvalue weighted by atomic mass is 16.6. The van der Waals surface area contributed by atoms with Gasteiger partial charge in [-0.2, -0.15) is 0 Å². The summed E-state index contributed by atoms with van der Waals surface area (Å²) in [7, 11) is 0. The van der Waals surface area contributed by atoms with Gasteiger partial charge in [0.2, 0.25) is 0 Å². The SMILES string of the molecule is CC(=O)OC1[C@@H](OC(C)=O)[C@H](N=[N+]=[N-])C=C[C@H](N=[N+]=[N-])[C@H]1OC(C)=O. The van der Waals surface area contributed by atoms with Gasteiger partial charge < -0.3 is 14.2 Å². The smallest absolute Gasteiger partial charge is 0.303 e. The Hall–Kier alpha value is -3.23.